The molecule has 0 bridgehead atoms. The molecule has 5 N–H and O–H groups in total. The van der Waals surface area contributed by atoms with Crippen LogP contribution in [0.15, 0.2) is 34.5 Å². The minimum atomic E-state index is 0.207. The van der Waals surface area contributed by atoms with Gasteiger partial charge in [-0.25, -0.2) is 10.8 Å². The Labute approximate surface area is 124 Å². The molecule has 0 atom stereocenters. The van der Waals surface area contributed by atoms with E-state index in [-0.39, 0.29) is 5.95 Å². The van der Waals surface area contributed by atoms with E-state index in [0.717, 1.165) is 16.5 Å². The van der Waals surface area contributed by atoms with E-state index in [4.69, 9.17) is 11.6 Å². The summed E-state index contributed by atoms with van der Waals surface area (Å²) >= 11 is 3.50. The molecule has 2 aromatic heterocycles. The summed E-state index contributed by atoms with van der Waals surface area (Å²) in [5, 5.41) is 0.860. The predicted octanol–water partition coefficient (Wildman–Crippen LogP) is 2.95. The molecule has 0 fully saturated rings. The van der Waals surface area contributed by atoms with Crippen molar-refractivity contribution in [2.24, 2.45) is 5.84 Å². The number of anilines is 2. The van der Waals surface area contributed by atoms with Gasteiger partial charge in [0.05, 0.1) is 9.73 Å². The Balaban J connectivity index is 2.16. The number of fused-ring (bicyclic) bond motifs is 1. The van der Waals surface area contributed by atoms with E-state index in [0.29, 0.717) is 5.82 Å². The number of nitrogen functional groups attached to an aromatic ring is 2. The lowest BCUT2D eigenvalue weighted by Gasteiger charge is -2.07. The highest BCUT2D eigenvalue weighted by Crippen LogP contribution is 2.34. The molecule has 2 heterocycles. The molecule has 0 radical (unpaired) electrons. The number of hydrogen-bond donors (Lipinski definition) is 3. The van der Waals surface area contributed by atoms with Crippen molar-refractivity contribution in [1.82, 2.24) is 9.97 Å². The number of rotatable bonds is 3. The summed E-state index contributed by atoms with van der Waals surface area (Å²) in [7, 11) is 0. The minimum absolute atomic E-state index is 0.207. The fourth-order valence-electron chi connectivity index (χ4n) is 1.99. The van der Waals surface area contributed by atoms with Crippen LogP contribution in [0.5, 0.6) is 0 Å². The molecule has 0 aliphatic heterocycles. The summed E-state index contributed by atoms with van der Waals surface area (Å²) in [6.07, 6.45) is 2.07. The van der Waals surface area contributed by atoms with Crippen LogP contribution in [-0.2, 0) is 0 Å². The lowest BCUT2D eigenvalue weighted by Crippen LogP contribution is -2.11. The Morgan fingerprint density at radius 1 is 1.20 bits per heavy atom. The molecule has 0 aliphatic carbocycles. The maximum Gasteiger partial charge on any atom is 0.222 e. The second-order valence-corrected chi connectivity index (χ2v) is 6.32. The van der Waals surface area contributed by atoms with Gasteiger partial charge in [-0.05, 0) is 36.1 Å². The SMILES string of the molecule is CSc1ccc(-c2ccc3nc(N)nc(NN)c3c2)s1. The number of thiophene rings is 1. The number of thioether (sulfide) groups is 1. The minimum Gasteiger partial charge on any atom is -0.368 e. The molecular formula is C13H13N5S2. The van der Waals surface area contributed by atoms with E-state index in [9.17, 15) is 0 Å². The monoisotopic (exact) mass is 303 g/mol. The highest BCUT2D eigenvalue weighted by atomic mass is 32.2. The Morgan fingerprint density at radius 3 is 2.75 bits per heavy atom. The molecule has 0 spiro atoms. The fourth-order valence-corrected chi connectivity index (χ4v) is 3.54. The van der Waals surface area contributed by atoms with Gasteiger partial charge in [-0.3, -0.25) is 0 Å². The predicted molar refractivity (Wildman–Crippen MR) is 86.9 cm³/mol. The first-order valence-electron chi connectivity index (χ1n) is 5.89. The second-order valence-electron chi connectivity index (χ2n) is 4.13. The van der Waals surface area contributed by atoms with Crippen LogP contribution in [0.1, 0.15) is 0 Å². The van der Waals surface area contributed by atoms with Crippen LogP contribution in [0.25, 0.3) is 21.3 Å². The lowest BCUT2D eigenvalue weighted by molar-refractivity contribution is 1.19. The Bertz CT molecular complexity index is 769. The van der Waals surface area contributed by atoms with Crippen molar-refractivity contribution in [3.8, 4) is 10.4 Å². The van der Waals surface area contributed by atoms with Crippen molar-refractivity contribution in [2.75, 3.05) is 17.4 Å². The van der Waals surface area contributed by atoms with Gasteiger partial charge in [-0.2, -0.15) is 4.98 Å². The quantitative estimate of drug-likeness (QED) is 0.391. The molecule has 0 unspecified atom stereocenters. The topological polar surface area (TPSA) is 89.8 Å². The van der Waals surface area contributed by atoms with Gasteiger partial charge in [0.2, 0.25) is 5.95 Å². The number of hydrazine groups is 1. The van der Waals surface area contributed by atoms with E-state index in [1.165, 1.54) is 9.09 Å². The molecule has 5 nitrogen and oxygen atoms in total. The van der Waals surface area contributed by atoms with Crippen LogP contribution < -0.4 is 17.0 Å². The van der Waals surface area contributed by atoms with Crippen LogP contribution in [0.3, 0.4) is 0 Å². The number of benzene rings is 1. The average Bonchev–Trinajstić information content (AvgIpc) is 2.94. The van der Waals surface area contributed by atoms with Gasteiger partial charge in [-0.1, -0.05) is 6.07 Å². The normalized spacial score (nSPS) is 10.9. The zero-order chi connectivity index (χ0) is 14.1. The van der Waals surface area contributed by atoms with Gasteiger partial charge in [0.25, 0.3) is 0 Å². The lowest BCUT2D eigenvalue weighted by atomic mass is 10.1. The third-order valence-electron chi connectivity index (χ3n) is 2.92. The van der Waals surface area contributed by atoms with Gasteiger partial charge < -0.3 is 11.2 Å². The number of hydrogen-bond acceptors (Lipinski definition) is 7. The highest BCUT2D eigenvalue weighted by Gasteiger charge is 2.08. The largest absolute Gasteiger partial charge is 0.368 e. The van der Waals surface area contributed by atoms with E-state index < -0.39 is 0 Å². The second kappa shape index (κ2) is 5.28. The molecule has 0 amide bonds. The molecule has 3 rings (SSSR count). The molecule has 20 heavy (non-hydrogen) atoms. The first-order valence-corrected chi connectivity index (χ1v) is 7.93. The Kier molecular flexibility index (Phi) is 3.47. The summed E-state index contributed by atoms with van der Waals surface area (Å²) < 4.78 is 1.28. The number of nitrogens with zero attached hydrogens (tertiary/aromatic N) is 2. The molecule has 102 valence electrons. The molecule has 7 heteroatoms. The van der Waals surface area contributed by atoms with Crippen molar-refractivity contribution in [1.29, 1.82) is 0 Å². The molecule has 3 aromatic rings. The summed E-state index contributed by atoms with van der Waals surface area (Å²) in [6.45, 7) is 0. The summed E-state index contributed by atoms with van der Waals surface area (Å²) in [5.74, 6) is 6.25. The van der Waals surface area contributed by atoms with Gasteiger partial charge >= 0.3 is 0 Å². The Hall–Kier alpha value is -1.83. The first-order chi connectivity index (χ1) is 9.71. The van der Waals surface area contributed by atoms with Gasteiger partial charge in [0, 0.05) is 10.3 Å². The van der Waals surface area contributed by atoms with E-state index in [2.05, 4.69) is 33.8 Å². The summed E-state index contributed by atoms with van der Waals surface area (Å²) in [5.41, 5.74) is 10.1. The maximum absolute atomic E-state index is 5.65. The maximum atomic E-state index is 5.65. The average molecular weight is 303 g/mol. The molecule has 1 aromatic carbocycles. The standard InChI is InChI=1S/C13H13N5S2/c1-19-11-5-4-10(20-11)7-2-3-9-8(6-7)12(18-15)17-13(14)16-9/h2-6H,15H2,1H3,(H3,14,16,17,18). The van der Waals surface area contributed by atoms with Crippen LogP contribution in [0.2, 0.25) is 0 Å². The smallest absolute Gasteiger partial charge is 0.222 e. The van der Waals surface area contributed by atoms with Crippen LogP contribution in [0, 0.1) is 0 Å². The summed E-state index contributed by atoms with van der Waals surface area (Å²) in [4.78, 5) is 9.52. The number of nitrogens with one attached hydrogen (secondary N) is 1. The first kappa shape index (κ1) is 13.2. The third kappa shape index (κ3) is 2.31. The zero-order valence-corrected chi connectivity index (χ0v) is 12.4. The molecule has 0 aliphatic rings. The molecular weight excluding hydrogens is 290 g/mol. The van der Waals surface area contributed by atoms with Crippen LogP contribution in [-0.4, -0.2) is 16.2 Å². The zero-order valence-electron chi connectivity index (χ0n) is 10.8. The van der Waals surface area contributed by atoms with E-state index >= 15 is 0 Å². The van der Waals surface area contributed by atoms with E-state index in [1.807, 2.05) is 18.2 Å². The van der Waals surface area contributed by atoms with Crippen LogP contribution in [0.4, 0.5) is 11.8 Å². The number of nitrogens with two attached hydrogens (primary N) is 2. The van der Waals surface area contributed by atoms with Gasteiger partial charge in [0.15, 0.2) is 5.82 Å². The van der Waals surface area contributed by atoms with Crippen molar-refractivity contribution < 1.29 is 0 Å². The van der Waals surface area contributed by atoms with Crippen LogP contribution >= 0.6 is 23.1 Å². The summed E-state index contributed by atoms with van der Waals surface area (Å²) in [6, 6.07) is 10.2. The van der Waals surface area contributed by atoms with E-state index in [1.54, 1.807) is 23.1 Å². The molecule has 0 saturated carbocycles. The van der Waals surface area contributed by atoms with Crippen molar-refractivity contribution in [3.63, 3.8) is 0 Å². The highest BCUT2D eigenvalue weighted by molar-refractivity contribution is 8.00. The third-order valence-corrected chi connectivity index (χ3v) is 5.13. The van der Waals surface area contributed by atoms with Gasteiger partial charge in [0.1, 0.15) is 0 Å². The van der Waals surface area contributed by atoms with Crippen molar-refractivity contribution >= 4 is 45.8 Å². The number of aromatic nitrogens is 2. The van der Waals surface area contributed by atoms with Gasteiger partial charge in [-0.15, -0.1) is 23.1 Å². The fraction of sp³-hybridized carbons (Fsp3) is 0.0769. The molecule has 0 saturated heterocycles. The van der Waals surface area contributed by atoms with Crippen molar-refractivity contribution in [2.45, 2.75) is 4.21 Å². The Morgan fingerprint density at radius 2 is 2.05 bits per heavy atom. The van der Waals surface area contributed by atoms with Crippen molar-refractivity contribution in [3.05, 3.63) is 30.3 Å².